The van der Waals surface area contributed by atoms with Gasteiger partial charge in [0.2, 0.25) is 5.78 Å². The summed E-state index contributed by atoms with van der Waals surface area (Å²) in [6, 6.07) is 9.08. The first-order valence-corrected chi connectivity index (χ1v) is 7.73. The Labute approximate surface area is 149 Å². The minimum Gasteiger partial charge on any atom is -0.496 e. The van der Waals surface area contributed by atoms with Crippen LogP contribution < -0.4 is 10.5 Å². The average Bonchev–Trinajstić information content (AvgIpc) is 2.56. The molecule has 2 aromatic carbocycles. The number of Topliss-reactive ketones (excluding diaryl/α,β-unsaturated/α-hetero) is 1. The van der Waals surface area contributed by atoms with E-state index in [1.54, 1.807) is 24.3 Å². The summed E-state index contributed by atoms with van der Waals surface area (Å²) in [7, 11) is 1.39. The standard InChI is InChI=1S/C17H15Cl2NO4/c1-9(16(21)10-3-5-11(18)6-4-10)24-17(22)12-7-13(19)14(20)8-15(12)23-2/h3-9H,20H2,1-2H3/t9-/m1/s1. The molecule has 7 heteroatoms. The smallest absolute Gasteiger partial charge is 0.342 e. The van der Waals surface area contributed by atoms with E-state index in [-0.39, 0.29) is 27.8 Å². The number of anilines is 1. The van der Waals surface area contributed by atoms with Crippen molar-refractivity contribution < 1.29 is 19.1 Å². The van der Waals surface area contributed by atoms with Gasteiger partial charge in [0.05, 0.1) is 17.8 Å². The Hall–Kier alpha value is -2.24. The number of methoxy groups -OCH3 is 1. The van der Waals surface area contributed by atoms with E-state index in [2.05, 4.69) is 0 Å². The van der Waals surface area contributed by atoms with Gasteiger partial charge in [0.1, 0.15) is 11.3 Å². The second-order valence-electron chi connectivity index (χ2n) is 4.99. The van der Waals surface area contributed by atoms with Gasteiger partial charge in [-0.1, -0.05) is 23.2 Å². The Balaban J connectivity index is 2.18. The summed E-state index contributed by atoms with van der Waals surface area (Å²) in [5, 5.41) is 0.705. The third-order valence-corrected chi connectivity index (χ3v) is 3.90. The molecule has 2 rings (SSSR count). The van der Waals surface area contributed by atoms with Gasteiger partial charge in [-0.05, 0) is 37.3 Å². The number of ether oxygens (including phenoxy) is 2. The maximum atomic E-state index is 12.3. The molecule has 0 unspecified atom stereocenters. The summed E-state index contributed by atoms with van der Waals surface area (Å²) in [4.78, 5) is 24.6. The molecule has 2 aromatic rings. The van der Waals surface area contributed by atoms with Crippen molar-refractivity contribution in [1.29, 1.82) is 0 Å². The van der Waals surface area contributed by atoms with Crippen LogP contribution in [-0.4, -0.2) is 25.0 Å². The van der Waals surface area contributed by atoms with Crippen molar-refractivity contribution in [2.45, 2.75) is 13.0 Å². The number of nitrogen functional groups attached to an aromatic ring is 1. The SMILES string of the molecule is COc1cc(N)c(Cl)cc1C(=O)O[C@H](C)C(=O)c1ccc(Cl)cc1. The van der Waals surface area contributed by atoms with Crippen LogP contribution in [0.25, 0.3) is 0 Å². The lowest BCUT2D eigenvalue weighted by Crippen LogP contribution is -2.24. The van der Waals surface area contributed by atoms with E-state index in [9.17, 15) is 9.59 Å². The zero-order valence-electron chi connectivity index (χ0n) is 13.0. The molecule has 24 heavy (non-hydrogen) atoms. The molecule has 1 atom stereocenters. The summed E-state index contributed by atoms with van der Waals surface area (Å²) >= 11 is 11.7. The topological polar surface area (TPSA) is 78.6 Å². The number of carbonyl (C=O) groups excluding carboxylic acids is 2. The molecule has 0 aliphatic carbocycles. The van der Waals surface area contributed by atoms with Crippen LogP contribution >= 0.6 is 23.2 Å². The minimum absolute atomic E-state index is 0.0902. The molecular formula is C17H15Cl2NO4. The van der Waals surface area contributed by atoms with Crippen LogP contribution in [0.4, 0.5) is 5.69 Å². The van der Waals surface area contributed by atoms with Gasteiger partial charge < -0.3 is 15.2 Å². The molecule has 0 bridgehead atoms. The van der Waals surface area contributed by atoms with Crippen molar-refractivity contribution in [2.24, 2.45) is 0 Å². The molecule has 0 spiro atoms. The monoisotopic (exact) mass is 367 g/mol. The highest BCUT2D eigenvalue weighted by atomic mass is 35.5. The number of halogens is 2. The van der Waals surface area contributed by atoms with Crippen LogP contribution in [0.15, 0.2) is 36.4 Å². The molecule has 0 aliphatic rings. The Kier molecular flexibility index (Phi) is 5.70. The number of benzene rings is 2. The maximum Gasteiger partial charge on any atom is 0.342 e. The molecule has 0 aliphatic heterocycles. The zero-order valence-corrected chi connectivity index (χ0v) is 14.5. The van der Waals surface area contributed by atoms with Gasteiger partial charge in [0.25, 0.3) is 0 Å². The quantitative estimate of drug-likeness (QED) is 0.490. The first kappa shape index (κ1) is 18.1. The summed E-state index contributed by atoms with van der Waals surface area (Å²) in [5.74, 6) is -0.864. The van der Waals surface area contributed by atoms with E-state index in [1.807, 2.05) is 0 Å². The summed E-state index contributed by atoms with van der Waals surface area (Å²) in [6.07, 6.45) is -0.986. The van der Waals surface area contributed by atoms with Crippen molar-refractivity contribution in [3.63, 3.8) is 0 Å². The predicted octanol–water partition coefficient (Wildman–Crippen LogP) is 4.01. The Morgan fingerprint density at radius 1 is 1.12 bits per heavy atom. The number of ketones is 1. The summed E-state index contributed by atoms with van der Waals surface area (Å²) in [5.41, 5.74) is 6.43. The van der Waals surface area contributed by atoms with Gasteiger partial charge in [-0.2, -0.15) is 0 Å². The van der Waals surface area contributed by atoms with E-state index in [0.29, 0.717) is 10.6 Å². The van der Waals surface area contributed by atoms with Gasteiger partial charge in [0, 0.05) is 16.7 Å². The van der Waals surface area contributed by atoms with E-state index in [0.717, 1.165) is 0 Å². The van der Waals surface area contributed by atoms with Crippen LogP contribution in [0.3, 0.4) is 0 Å². The van der Waals surface area contributed by atoms with E-state index in [4.69, 9.17) is 38.4 Å². The lowest BCUT2D eigenvalue weighted by molar-refractivity contribution is 0.0316. The highest BCUT2D eigenvalue weighted by Crippen LogP contribution is 2.29. The second-order valence-corrected chi connectivity index (χ2v) is 5.84. The van der Waals surface area contributed by atoms with Crippen molar-refractivity contribution in [1.82, 2.24) is 0 Å². The highest BCUT2D eigenvalue weighted by molar-refractivity contribution is 6.33. The first-order chi connectivity index (χ1) is 11.3. The average molecular weight is 368 g/mol. The molecule has 0 fully saturated rings. The summed E-state index contributed by atoms with van der Waals surface area (Å²) in [6.45, 7) is 1.49. The molecule has 5 nitrogen and oxygen atoms in total. The number of rotatable bonds is 5. The number of esters is 1. The van der Waals surface area contributed by atoms with Crippen molar-refractivity contribution >= 4 is 40.6 Å². The molecule has 2 N–H and O–H groups in total. The summed E-state index contributed by atoms with van der Waals surface area (Å²) < 4.78 is 10.3. The molecule has 0 saturated carbocycles. The van der Waals surface area contributed by atoms with Crippen LogP contribution in [0.5, 0.6) is 5.75 Å². The van der Waals surface area contributed by atoms with Crippen LogP contribution in [-0.2, 0) is 4.74 Å². The number of hydrogen-bond donors (Lipinski definition) is 1. The Bertz CT molecular complexity index is 775. The molecule has 0 aromatic heterocycles. The Morgan fingerprint density at radius 2 is 1.75 bits per heavy atom. The minimum atomic E-state index is -0.986. The van der Waals surface area contributed by atoms with Crippen molar-refractivity contribution in [3.05, 3.63) is 57.6 Å². The van der Waals surface area contributed by atoms with Gasteiger partial charge in [-0.15, -0.1) is 0 Å². The lowest BCUT2D eigenvalue weighted by Gasteiger charge is -2.15. The van der Waals surface area contributed by atoms with Crippen molar-refractivity contribution in [2.75, 3.05) is 12.8 Å². The van der Waals surface area contributed by atoms with E-state index in [1.165, 1.54) is 26.2 Å². The van der Waals surface area contributed by atoms with Gasteiger partial charge in [0.15, 0.2) is 6.10 Å². The largest absolute Gasteiger partial charge is 0.496 e. The maximum absolute atomic E-state index is 12.3. The number of nitrogens with two attached hydrogens (primary N) is 1. The molecule has 0 heterocycles. The second kappa shape index (κ2) is 7.55. The van der Waals surface area contributed by atoms with Crippen molar-refractivity contribution in [3.8, 4) is 5.75 Å². The molecule has 126 valence electrons. The number of hydrogen-bond acceptors (Lipinski definition) is 5. The fourth-order valence-electron chi connectivity index (χ4n) is 2.02. The normalized spacial score (nSPS) is 11.7. The third kappa shape index (κ3) is 3.99. The first-order valence-electron chi connectivity index (χ1n) is 6.97. The highest BCUT2D eigenvalue weighted by Gasteiger charge is 2.23. The number of carbonyl (C=O) groups is 2. The molecule has 0 amide bonds. The van der Waals surface area contributed by atoms with Crippen LogP contribution in [0.1, 0.15) is 27.6 Å². The fraction of sp³-hybridized carbons (Fsp3) is 0.176. The fourth-order valence-corrected chi connectivity index (χ4v) is 2.31. The lowest BCUT2D eigenvalue weighted by atomic mass is 10.1. The molecular weight excluding hydrogens is 353 g/mol. The Morgan fingerprint density at radius 3 is 2.33 bits per heavy atom. The van der Waals surface area contributed by atoms with Gasteiger partial charge >= 0.3 is 5.97 Å². The molecule has 0 saturated heterocycles. The molecule has 0 radical (unpaired) electrons. The van der Waals surface area contributed by atoms with E-state index >= 15 is 0 Å². The van der Waals surface area contributed by atoms with Crippen LogP contribution in [0.2, 0.25) is 10.0 Å². The third-order valence-electron chi connectivity index (χ3n) is 3.32. The van der Waals surface area contributed by atoms with E-state index < -0.39 is 12.1 Å². The van der Waals surface area contributed by atoms with Gasteiger partial charge in [-0.25, -0.2) is 4.79 Å². The zero-order chi connectivity index (χ0) is 17.9. The van der Waals surface area contributed by atoms with Crippen LogP contribution in [0, 0.1) is 0 Å². The predicted molar refractivity (Wildman–Crippen MR) is 93.1 cm³/mol. The van der Waals surface area contributed by atoms with Gasteiger partial charge in [-0.3, -0.25) is 4.79 Å².